The van der Waals surface area contributed by atoms with Gasteiger partial charge in [0.25, 0.3) is 0 Å². The van der Waals surface area contributed by atoms with Crippen LogP contribution in [0.25, 0.3) is 22.3 Å². The number of hydrogen-bond acceptors (Lipinski definition) is 6. The minimum absolute atomic E-state index is 0.0540. The third-order valence-electron chi connectivity index (χ3n) is 10.6. The van der Waals surface area contributed by atoms with Gasteiger partial charge < -0.3 is 9.80 Å². The predicted molar refractivity (Wildman–Crippen MR) is 233 cm³/mol. The molecule has 0 N–H and O–H groups in total. The first-order valence-electron chi connectivity index (χ1n) is 18.9. The van der Waals surface area contributed by atoms with Crippen molar-refractivity contribution < 1.29 is 0 Å². The van der Waals surface area contributed by atoms with E-state index in [2.05, 4.69) is 171 Å². The molecule has 0 aromatic heterocycles. The minimum atomic E-state index is 0.0540. The maximum Gasteiger partial charge on any atom is 0.0991 e. The normalized spacial score (nSPS) is 12.7. The highest BCUT2D eigenvalue weighted by atomic mass is 32.2. The smallest absolute Gasteiger partial charge is 0.0991 e. The monoisotopic (exact) mass is 758 g/mol. The lowest BCUT2D eigenvalue weighted by Gasteiger charge is -2.42. The molecule has 0 saturated heterocycles. The molecular weight excluding hydrogens is 721 g/mol. The number of anilines is 6. The van der Waals surface area contributed by atoms with Crippen molar-refractivity contribution in [2.45, 2.75) is 59.1 Å². The van der Waals surface area contributed by atoms with Crippen LogP contribution < -0.4 is 9.80 Å². The first kappa shape index (κ1) is 35.5. The van der Waals surface area contributed by atoms with Crippen LogP contribution >= 0.6 is 23.5 Å². The third kappa shape index (κ3) is 5.85. The van der Waals surface area contributed by atoms with Gasteiger partial charge >= 0.3 is 0 Å². The number of nitriles is 2. The Morgan fingerprint density at radius 2 is 0.714 bits per heavy atom. The van der Waals surface area contributed by atoms with Gasteiger partial charge in [0.15, 0.2) is 0 Å². The molecule has 0 bridgehead atoms. The van der Waals surface area contributed by atoms with Crippen molar-refractivity contribution in [3.05, 3.63) is 168 Å². The quantitative estimate of drug-likeness (QED) is 0.168. The van der Waals surface area contributed by atoms with E-state index >= 15 is 0 Å². The molecule has 0 aliphatic carbocycles. The topological polar surface area (TPSA) is 54.1 Å². The van der Waals surface area contributed by atoms with Crippen LogP contribution in [0.4, 0.5) is 34.1 Å². The van der Waals surface area contributed by atoms with Crippen LogP contribution in [0.15, 0.2) is 165 Å². The van der Waals surface area contributed by atoms with Crippen molar-refractivity contribution in [3.8, 4) is 34.4 Å². The SMILES string of the molecule is CC(C)c1c(-c2ccc(C#N)cc2)c(N2c3ccccc3Sc3ccccc32)c(C(C)C)c(N2c3ccccc3Sc3ccccc32)c1-c1ccc(C#N)cc1. The van der Waals surface area contributed by atoms with Gasteiger partial charge in [0.05, 0.1) is 57.4 Å². The second-order valence-electron chi connectivity index (χ2n) is 14.7. The molecule has 0 spiro atoms. The summed E-state index contributed by atoms with van der Waals surface area (Å²) in [5.74, 6) is 0.123. The molecule has 9 rings (SSSR count). The molecule has 0 amide bonds. The van der Waals surface area contributed by atoms with Gasteiger partial charge in [0.1, 0.15) is 0 Å². The lowest BCUT2D eigenvalue weighted by molar-refractivity contribution is 0.843. The third-order valence-corrected chi connectivity index (χ3v) is 12.9. The Morgan fingerprint density at radius 1 is 0.411 bits per heavy atom. The lowest BCUT2D eigenvalue weighted by atomic mass is 9.78. The molecule has 0 radical (unpaired) electrons. The number of rotatable bonds is 6. The van der Waals surface area contributed by atoms with Gasteiger partial charge in [-0.1, -0.05) is 124 Å². The summed E-state index contributed by atoms with van der Waals surface area (Å²) in [6, 6.07) is 55.9. The molecule has 0 fully saturated rings. The summed E-state index contributed by atoms with van der Waals surface area (Å²) in [6.07, 6.45) is 0. The highest BCUT2D eigenvalue weighted by molar-refractivity contribution is 8.00. The van der Waals surface area contributed by atoms with Crippen LogP contribution in [0.1, 0.15) is 61.8 Å². The standard InChI is InChI=1S/C50H38N4S2/c1-31(2)45-47(35-25-21-33(29-51)22-26-35)49(53-37-13-5-9-17-41(37)55-42-18-10-6-14-38(42)53)46(32(3)4)50(48(45)36-27-23-34(30-52)24-28-36)54-39-15-7-11-19-43(39)56-44-20-12-8-16-40(44)54/h5-28,31-32H,1-4H3. The van der Waals surface area contributed by atoms with Crippen molar-refractivity contribution >= 4 is 57.6 Å². The minimum Gasteiger partial charge on any atom is -0.307 e. The molecule has 56 heavy (non-hydrogen) atoms. The summed E-state index contributed by atoms with van der Waals surface area (Å²) < 4.78 is 0. The zero-order valence-corrected chi connectivity index (χ0v) is 33.2. The average molecular weight is 759 g/mol. The Kier molecular flexibility index (Phi) is 9.18. The largest absolute Gasteiger partial charge is 0.307 e. The summed E-state index contributed by atoms with van der Waals surface area (Å²) >= 11 is 3.62. The fourth-order valence-electron chi connectivity index (χ4n) is 8.25. The Labute approximate surface area is 337 Å². The van der Waals surface area contributed by atoms with E-state index in [0.29, 0.717) is 11.1 Å². The number of para-hydroxylation sites is 4. The van der Waals surface area contributed by atoms with E-state index in [1.54, 1.807) is 0 Å². The Bertz CT molecular complexity index is 2470. The van der Waals surface area contributed by atoms with Crippen LogP contribution in [-0.2, 0) is 0 Å². The second-order valence-corrected chi connectivity index (χ2v) is 16.9. The van der Waals surface area contributed by atoms with E-state index in [-0.39, 0.29) is 11.8 Å². The van der Waals surface area contributed by atoms with E-state index in [1.807, 2.05) is 47.8 Å². The van der Waals surface area contributed by atoms with E-state index in [4.69, 9.17) is 0 Å². The molecule has 2 aliphatic heterocycles. The van der Waals surface area contributed by atoms with Crippen LogP contribution in [0, 0.1) is 22.7 Å². The first-order chi connectivity index (χ1) is 27.4. The van der Waals surface area contributed by atoms with E-state index in [1.165, 1.54) is 30.7 Å². The van der Waals surface area contributed by atoms with Crippen molar-refractivity contribution in [1.82, 2.24) is 0 Å². The Hall–Kier alpha value is -6.18. The van der Waals surface area contributed by atoms with Crippen molar-refractivity contribution in [1.29, 1.82) is 10.5 Å². The fourth-order valence-corrected chi connectivity index (χ4v) is 10.4. The van der Waals surface area contributed by atoms with Crippen LogP contribution in [0.5, 0.6) is 0 Å². The van der Waals surface area contributed by atoms with Crippen molar-refractivity contribution in [2.75, 3.05) is 9.80 Å². The van der Waals surface area contributed by atoms with Gasteiger partial charge in [0.2, 0.25) is 0 Å². The average Bonchev–Trinajstić information content (AvgIpc) is 3.23. The first-order valence-corrected chi connectivity index (χ1v) is 20.6. The summed E-state index contributed by atoms with van der Waals surface area (Å²) in [5.41, 5.74) is 14.8. The molecule has 0 unspecified atom stereocenters. The molecule has 6 heteroatoms. The van der Waals surface area contributed by atoms with Gasteiger partial charge in [0, 0.05) is 36.3 Å². The van der Waals surface area contributed by atoms with Gasteiger partial charge in [-0.25, -0.2) is 0 Å². The summed E-state index contributed by atoms with van der Waals surface area (Å²) in [5, 5.41) is 19.8. The van der Waals surface area contributed by atoms with Gasteiger partial charge in [-0.05, 0) is 101 Å². The second kappa shape index (κ2) is 14.5. The summed E-state index contributed by atoms with van der Waals surface area (Å²) in [4.78, 5) is 9.80. The Balaban J connectivity index is 1.55. The zero-order chi connectivity index (χ0) is 38.5. The van der Waals surface area contributed by atoms with Crippen LogP contribution in [0.3, 0.4) is 0 Å². The molecule has 270 valence electrons. The summed E-state index contributed by atoms with van der Waals surface area (Å²) in [6.45, 7) is 9.21. The highest BCUT2D eigenvalue weighted by Gasteiger charge is 2.38. The van der Waals surface area contributed by atoms with Crippen LogP contribution in [-0.4, -0.2) is 0 Å². The van der Waals surface area contributed by atoms with E-state index in [0.717, 1.165) is 56.4 Å². The maximum atomic E-state index is 9.92. The molecule has 0 atom stereocenters. The molecule has 7 aromatic carbocycles. The summed E-state index contributed by atoms with van der Waals surface area (Å²) in [7, 11) is 0. The van der Waals surface area contributed by atoms with Gasteiger partial charge in [-0.3, -0.25) is 0 Å². The number of benzene rings is 7. The number of hydrogen-bond donors (Lipinski definition) is 0. The molecule has 2 heterocycles. The molecule has 0 saturated carbocycles. The molecule has 2 aliphatic rings. The van der Waals surface area contributed by atoms with E-state index < -0.39 is 0 Å². The van der Waals surface area contributed by atoms with Gasteiger partial charge in [-0.15, -0.1) is 0 Å². The number of fused-ring (bicyclic) bond motifs is 4. The molecule has 7 aromatic rings. The van der Waals surface area contributed by atoms with E-state index in [9.17, 15) is 10.5 Å². The molecular formula is C50H38N4S2. The lowest BCUT2D eigenvalue weighted by Crippen LogP contribution is -2.24. The maximum absolute atomic E-state index is 9.92. The van der Waals surface area contributed by atoms with Crippen molar-refractivity contribution in [2.24, 2.45) is 0 Å². The predicted octanol–water partition coefficient (Wildman–Crippen LogP) is 14.9. The Morgan fingerprint density at radius 3 is 1.00 bits per heavy atom. The van der Waals surface area contributed by atoms with Crippen LogP contribution in [0.2, 0.25) is 0 Å². The fraction of sp³-hybridized carbons (Fsp3) is 0.120. The molecule has 4 nitrogen and oxygen atoms in total. The van der Waals surface area contributed by atoms with Crippen molar-refractivity contribution in [3.63, 3.8) is 0 Å². The zero-order valence-electron chi connectivity index (χ0n) is 31.6. The number of nitrogens with zero attached hydrogens (tertiary/aromatic N) is 4. The highest BCUT2D eigenvalue weighted by Crippen LogP contribution is 2.63. The van der Waals surface area contributed by atoms with Gasteiger partial charge in [-0.2, -0.15) is 10.5 Å².